The van der Waals surface area contributed by atoms with Crippen molar-refractivity contribution in [2.45, 2.75) is 0 Å². The van der Waals surface area contributed by atoms with Gasteiger partial charge in [-0.1, -0.05) is 170 Å². The van der Waals surface area contributed by atoms with Gasteiger partial charge < -0.3 is 13.9 Å². The summed E-state index contributed by atoms with van der Waals surface area (Å²) in [5.41, 5.74) is 18.0. The van der Waals surface area contributed by atoms with Crippen LogP contribution in [0, 0.1) is 0 Å². The molecule has 3 heteroatoms. The van der Waals surface area contributed by atoms with E-state index in [2.05, 4.69) is 240 Å². The van der Waals surface area contributed by atoms with Crippen LogP contribution in [-0.4, -0.2) is 4.57 Å². The smallest absolute Gasteiger partial charge is 0.136 e. The molecule has 0 saturated carbocycles. The molecule has 0 fully saturated rings. The van der Waals surface area contributed by atoms with Gasteiger partial charge in [0.25, 0.3) is 0 Å². The molecule has 0 spiro atoms. The number of hydrogen-bond acceptors (Lipinski definition) is 2. The summed E-state index contributed by atoms with van der Waals surface area (Å²) in [5.74, 6) is 0. The molecule has 296 valence electrons. The molecule has 63 heavy (non-hydrogen) atoms. The van der Waals surface area contributed by atoms with Crippen LogP contribution in [0.4, 0.5) is 17.1 Å². The first-order valence-electron chi connectivity index (χ1n) is 21.5. The van der Waals surface area contributed by atoms with Gasteiger partial charge in [0, 0.05) is 44.3 Å². The molecule has 3 nitrogen and oxygen atoms in total. The van der Waals surface area contributed by atoms with Gasteiger partial charge in [-0.15, -0.1) is 0 Å². The van der Waals surface area contributed by atoms with Crippen LogP contribution in [0.5, 0.6) is 0 Å². The molecule has 0 saturated heterocycles. The fourth-order valence-electron chi connectivity index (χ4n) is 9.39. The maximum Gasteiger partial charge on any atom is 0.136 e. The van der Waals surface area contributed by atoms with Crippen molar-refractivity contribution in [3.63, 3.8) is 0 Å². The first-order chi connectivity index (χ1) is 31.2. The maximum absolute atomic E-state index is 6.21. The number of furan rings is 1. The SMILES string of the molecule is c1ccc(-c2cccc(N(c3ccc(-c4ccc(-n5c6ccccc6c6ccccc65)cc4)cc3)c3cccc(-c4ccc(-c5cccc6oc7ccccc7c56)cc4)c3)c2)cc1. The predicted molar refractivity (Wildman–Crippen MR) is 264 cm³/mol. The van der Waals surface area contributed by atoms with Crippen LogP contribution in [0.2, 0.25) is 0 Å². The molecule has 0 atom stereocenters. The van der Waals surface area contributed by atoms with E-state index in [4.69, 9.17) is 4.42 Å². The zero-order valence-electron chi connectivity index (χ0n) is 34.4. The van der Waals surface area contributed by atoms with Crippen molar-refractivity contribution in [3.05, 3.63) is 243 Å². The van der Waals surface area contributed by atoms with Crippen molar-refractivity contribution >= 4 is 60.8 Å². The zero-order valence-corrected chi connectivity index (χ0v) is 34.4. The molecule has 2 heterocycles. The lowest BCUT2D eigenvalue weighted by molar-refractivity contribution is 0.669. The molecular formula is C60H40N2O. The second-order valence-electron chi connectivity index (χ2n) is 16.1. The average Bonchev–Trinajstić information content (AvgIpc) is 3.91. The van der Waals surface area contributed by atoms with E-state index in [0.717, 1.165) is 61.4 Å². The highest BCUT2D eigenvalue weighted by Crippen LogP contribution is 2.41. The van der Waals surface area contributed by atoms with Crippen molar-refractivity contribution in [3.8, 4) is 50.2 Å². The standard InChI is InChI=1S/C60H40N2O/c1-2-13-41(14-3-1)46-15-10-17-50(39-46)61(48-35-31-42(32-36-48)43-33-37-49(38-34-43)62-56-23-7-4-19-53(56)54-20-5-8-24-57(54)62)51-18-11-16-47(40-51)44-27-29-45(30-28-44)52-22-12-26-59-60(52)55-21-6-9-25-58(55)63-59/h1-40H. The lowest BCUT2D eigenvalue weighted by Gasteiger charge is -2.27. The second kappa shape index (κ2) is 15.3. The Bertz CT molecular complexity index is 3550. The van der Waals surface area contributed by atoms with Gasteiger partial charge >= 0.3 is 0 Å². The van der Waals surface area contributed by atoms with E-state index in [1.165, 1.54) is 49.6 Å². The Morgan fingerprint density at radius 1 is 0.302 bits per heavy atom. The van der Waals surface area contributed by atoms with Crippen LogP contribution in [0.15, 0.2) is 247 Å². The summed E-state index contributed by atoms with van der Waals surface area (Å²) in [6.07, 6.45) is 0. The summed E-state index contributed by atoms with van der Waals surface area (Å²) in [4.78, 5) is 2.37. The van der Waals surface area contributed by atoms with Crippen molar-refractivity contribution in [2.24, 2.45) is 0 Å². The van der Waals surface area contributed by atoms with Crippen LogP contribution in [0.3, 0.4) is 0 Å². The summed E-state index contributed by atoms with van der Waals surface area (Å²) in [5, 5.41) is 4.82. The highest BCUT2D eigenvalue weighted by Gasteiger charge is 2.17. The fourth-order valence-corrected chi connectivity index (χ4v) is 9.39. The predicted octanol–water partition coefficient (Wildman–Crippen LogP) is 16.8. The number of aromatic nitrogens is 1. The molecule has 12 aromatic rings. The first-order valence-corrected chi connectivity index (χ1v) is 21.5. The van der Waals surface area contributed by atoms with Crippen molar-refractivity contribution < 1.29 is 4.42 Å². The Morgan fingerprint density at radius 2 is 0.762 bits per heavy atom. The number of para-hydroxylation sites is 3. The van der Waals surface area contributed by atoms with Crippen LogP contribution in [0.1, 0.15) is 0 Å². The van der Waals surface area contributed by atoms with Crippen molar-refractivity contribution in [2.75, 3.05) is 4.90 Å². The number of fused-ring (bicyclic) bond motifs is 6. The summed E-state index contributed by atoms with van der Waals surface area (Å²) < 4.78 is 8.58. The molecule has 0 amide bonds. The quantitative estimate of drug-likeness (QED) is 0.153. The van der Waals surface area contributed by atoms with Gasteiger partial charge in [-0.2, -0.15) is 0 Å². The minimum atomic E-state index is 0.906. The van der Waals surface area contributed by atoms with E-state index < -0.39 is 0 Å². The van der Waals surface area contributed by atoms with E-state index in [9.17, 15) is 0 Å². The Morgan fingerprint density at radius 3 is 1.41 bits per heavy atom. The largest absolute Gasteiger partial charge is 0.456 e. The van der Waals surface area contributed by atoms with E-state index in [1.807, 2.05) is 12.1 Å². The zero-order chi connectivity index (χ0) is 41.7. The van der Waals surface area contributed by atoms with Gasteiger partial charge in [0.15, 0.2) is 0 Å². The minimum Gasteiger partial charge on any atom is -0.456 e. The highest BCUT2D eigenvalue weighted by atomic mass is 16.3. The number of benzene rings is 10. The van der Waals surface area contributed by atoms with Crippen LogP contribution >= 0.6 is 0 Å². The molecule has 0 aliphatic rings. The van der Waals surface area contributed by atoms with Gasteiger partial charge in [0.2, 0.25) is 0 Å². The number of hydrogen-bond donors (Lipinski definition) is 0. The lowest BCUT2D eigenvalue weighted by atomic mass is 9.96. The van der Waals surface area contributed by atoms with Crippen LogP contribution in [-0.2, 0) is 0 Å². The second-order valence-corrected chi connectivity index (χ2v) is 16.1. The van der Waals surface area contributed by atoms with Crippen LogP contribution < -0.4 is 4.90 Å². The number of anilines is 3. The van der Waals surface area contributed by atoms with Crippen molar-refractivity contribution in [1.82, 2.24) is 4.57 Å². The molecule has 2 aromatic heterocycles. The van der Waals surface area contributed by atoms with Gasteiger partial charge in [-0.3, -0.25) is 0 Å². The van der Waals surface area contributed by atoms with E-state index in [-0.39, 0.29) is 0 Å². The molecule has 0 aliphatic heterocycles. The van der Waals surface area contributed by atoms with E-state index in [1.54, 1.807) is 0 Å². The summed E-state index contributed by atoms with van der Waals surface area (Å²) in [6.45, 7) is 0. The Balaban J connectivity index is 0.897. The third-order valence-electron chi connectivity index (χ3n) is 12.4. The topological polar surface area (TPSA) is 21.3 Å². The molecule has 0 radical (unpaired) electrons. The van der Waals surface area contributed by atoms with Gasteiger partial charge in [-0.25, -0.2) is 0 Å². The third-order valence-corrected chi connectivity index (χ3v) is 12.4. The van der Waals surface area contributed by atoms with Gasteiger partial charge in [0.1, 0.15) is 11.2 Å². The first kappa shape index (κ1) is 36.5. The van der Waals surface area contributed by atoms with Crippen molar-refractivity contribution in [1.29, 1.82) is 0 Å². The summed E-state index contributed by atoms with van der Waals surface area (Å²) in [7, 11) is 0. The van der Waals surface area contributed by atoms with E-state index in [0.29, 0.717) is 0 Å². The molecular weight excluding hydrogens is 765 g/mol. The third kappa shape index (κ3) is 6.46. The van der Waals surface area contributed by atoms with Gasteiger partial charge in [-0.05, 0) is 117 Å². The molecule has 12 rings (SSSR count). The van der Waals surface area contributed by atoms with E-state index >= 15 is 0 Å². The van der Waals surface area contributed by atoms with Crippen LogP contribution in [0.25, 0.3) is 93.9 Å². The molecule has 10 aromatic carbocycles. The lowest BCUT2D eigenvalue weighted by Crippen LogP contribution is -2.10. The Hall–Kier alpha value is -8.40. The van der Waals surface area contributed by atoms with Gasteiger partial charge in [0.05, 0.1) is 11.0 Å². The molecule has 0 bridgehead atoms. The Kier molecular flexibility index (Phi) is 8.83. The molecule has 0 unspecified atom stereocenters. The monoisotopic (exact) mass is 804 g/mol. The maximum atomic E-state index is 6.21. The summed E-state index contributed by atoms with van der Waals surface area (Å²) in [6, 6.07) is 87.1. The number of rotatable bonds is 8. The Labute approximate surface area is 366 Å². The number of nitrogens with zero attached hydrogens (tertiary/aromatic N) is 2. The molecule has 0 aliphatic carbocycles. The highest BCUT2D eigenvalue weighted by molar-refractivity contribution is 6.12. The molecule has 0 N–H and O–H groups in total. The fraction of sp³-hybridized carbons (Fsp3) is 0. The summed E-state index contributed by atoms with van der Waals surface area (Å²) >= 11 is 0. The normalized spacial score (nSPS) is 11.5. The average molecular weight is 805 g/mol. The minimum absolute atomic E-state index is 0.906.